The van der Waals surface area contributed by atoms with E-state index < -0.39 is 0 Å². The zero-order valence-corrected chi connectivity index (χ0v) is 11.2. The minimum Gasteiger partial charge on any atom is -0.329 e. The number of hydrogen-bond donors (Lipinski definition) is 2. The molecule has 1 amide bonds. The Labute approximate surface area is 109 Å². The molecule has 4 aliphatic rings. The molecule has 0 atom stereocenters. The van der Waals surface area contributed by atoms with Crippen LogP contribution >= 0.6 is 0 Å². The zero-order chi connectivity index (χ0) is 12.8. The lowest BCUT2D eigenvalue weighted by Crippen LogP contribution is -2.45. The fourth-order valence-electron chi connectivity index (χ4n) is 5.10. The highest BCUT2D eigenvalue weighted by Gasteiger charge is 2.49. The number of carbonyl (C=O) groups excluding carboxylic acids is 1. The third-order valence-corrected chi connectivity index (χ3v) is 5.12. The third-order valence-electron chi connectivity index (χ3n) is 5.12. The first-order valence-corrected chi connectivity index (χ1v) is 7.28. The number of rotatable bonds is 3. The largest absolute Gasteiger partial charge is 0.329 e. The minimum absolute atomic E-state index is 0.00331. The lowest BCUT2D eigenvalue weighted by molar-refractivity contribution is -0.118. The number of carbonyl (C=O) groups is 1. The maximum atomic E-state index is 11.2. The summed E-state index contributed by atoms with van der Waals surface area (Å²) in [6.07, 6.45) is 10.6. The van der Waals surface area contributed by atoms with Gasteiger partial charge in [-0.25, -0.2) is 0 Å². The van der Waals surface area contributed by atoms with Crippen LogP contribution in [0.15, 0.2) is 11.8 Å². The lowest BCUT2D eigenvalue weighted by Gasteiger charge is -2.56. The molecule has 0 radical (unpaired) electrons. The summed E-state index contributed by atoms with van der Waals surface area (Å²) < 4.78 is 0. The van der Waals surface area contributed by atoms with Crippen molar-refractivity contribution in [1.29, 1.82) is 0 Å². The van der Waals surface area contributed by atoms with E-state index in [4.69, 9.17) is 5.73 Å². The quantitative estimate of drug-likeness (QED) is 0.804. The molecule has 0 aliphatic heterocycles. The van der Waals surface area contributed by atoms with E-state index in [1.807, 2.05) is 0 Å². The fourth-order valence-corrected chi connectivity index (χ4v) is 5.10. The molecule has 4 fully saturated rings. The number of nitrogens with two attached hydrogens (primary N) is 1. The van der Waals surface area contributed by atoms with Crippen molar-refractivity contribution in [2.24, 2.45) is 28.9 Å². The summed E-state index contributed by atoms with van der Waals surface area (Å²) in [5.41, 5.74) is 7.06. The Morgan fingerprint density at radius 2 is 1.72 bits per heavy atom. The van der Waals surface area contributed by atoms with Crippen LogP contribution in [0.3, 0.4) is 0 Å². The third kappa shape index (κ3) is 2.20. The Morgan fingerprint density at radius 1 is 1.22 bits per heavy atom. The Hall–Kier alpha value is -0.830. The molecule has 0 aromatic rings. The average Bonchev–Trinajstić information content (AvgIpc) is 2.25. The lowest BCUT2D eigenvalue weighted by atomic mass is 9.49. The summed E-state index contributed by atoms with van der Waals surface area (Å²) in [5.74, 6) is 2.80. The van der Waals surface area contributed by atoms with Crippen molar-refractivity contribution in [1.82, 2.24) is 5.32 Å². The highest BCUT2D eigenvalue weighted by Crippen LogP contribution is 2.60. The molecule has 3 N–H and O–H groups in total. The highest BCUT2D eigenvalue weighted by atomic mass is 16.1. The number of hydrogen-bond acceptors (Lipinski definition) is 2. The van der Waals surface area contributed by atoms with Gasteiger partial charge in [-0.3, -0.25) is 4.79 Å². The van der Waals surface area contributed by atoms with E-state index in [2.05, 4.69) is 11.4 Å². The average molecular weight is 248 g/mol. The Bertz CT molecular complexity index is 351. The van der Waals surface area contributed by atoms with Crippen LogP contribution in [-0.4, -0.2) is 12.5 Å². The zero-order valence-electron chi connectivity index (χ0n) is 11.2. The number of allylic oxidation sites excluding steroid dienone is 1. The molecule has 4 aliphatic carbocycles. The van der Waals surface area contributed by atoms with Crippen LogP contribution in [-0.2, 0) is 4.79 Å². The monoisotopic (exact) mass is 248 g/mol. The Balaban J connectivity index is 1.82. The van der Waals surface area contributed by atoms with Gasteiger partial charge in [0.05, 0.1) is 0 Å². The topological polar surface area (TPSA) is 55.1 Å². The van der Waals surface area contributed by atoms with Gasteiger partial charge < -0.3 is 11.1 Å². The van der Waals surface area contributed by atoms with Crippen molar-refractivity contribution in [2.45, 2.75) is 45.4 Å². The predicted octanol–water partition coefficient (Wildman–Crippen LogP) is 2.18. The van der Waals surface area contributed by atoms with Gasteiger partial charge in [0.1, 0.15) is 0 Å². The number of amides is 1. The summed E-state index contributed by atoms with van der Waals surface area (Å²) in [7, 11) is 0. The van der Waals surface area contributed by atoms with Crippen molar-refractivity contribution in [3.8, 4) is 0 Å². The van der Waals surface area contributed by atoms with Crippen molar-refractivity contribution >= 4 is 5.91 Å². The molecule has 0 heterocycles. The van der Waals surface area contributed by atoms with E-state index in [0.29, 0.717) is 12.0 Å². The normalized spacial score (nSPS) is 42.1. The smallest absolute Gasteiger partial charge is 0.221 e. The van der Waals surface area contributed by atoms with Crippen molar-refractivity contribution < 1.29 is 4.79 Å². The van der Waals surface area contributed by atoms with E-state index in [0.717, 1.165) is 23.5 Å². The molecule has 4 saturated carbocycles. The molecule has 3 nitrogen and oxygen atoms in total. The van der Waals surface area contributed by atoms with Crippen LogP contribution in [0, 0.1) is 23.2 Å². The van der Waals surface area contributed by atoms with Crippen molar-refractivity contribution in [2.75, 3.05) is 6.54 Å². The SMILES string of the molecule is CC(=O)N/C(=C/C12CC3CC(CC(C3)C1)C2)CN. The maximum absolute atomic E-state index is 11.2. The fraction of sp³-hybridized carbons (Fsp3) is 0.800. The van der Waals surface area contributed by atoms with Gasteiger partial charge in [0.15, 0.2) is 0 Å². The molecule has 0 spiro atoms. The molecule has 4 rings (SSSR count). The maximum Gasteiger partial charge on any atom is 0.221 e. The first-order chi connectivity index (χ1) is 8.58. The van der Waals surface area contributed by atoms with Crippen LogP contribution in [0.25, 0.3) is 0 Å². The first-order valence-electron chi connectivity index (χ1n) is 7.28. The van der Waals surface area contributed by atoms with Crippen molar-refractivity contribution in [3.05, 3.63) is 11.8 Å². The van der Waals surface area contributed by atoms with Crippen LogP contribution < -0.4 is 11.1 Å². The van der Waals surface area contributed by atoms with Crippen LogP contribution in [0.4, 0.5) is 0 Å². The second-order valence-corrected chi connectivity index (χ2v) is 6.83. The van der Waals surface area contributed by atoms with Gasteiger partial charge in [0.2, 0.25) is 5.91 Å². The molecule has 0 aromatic carbocycles. The molecule has 0 unspecified atom stereocenters. The molecule has 3 heteroatoms. The van der Waals surface area contributed by atoms with E-state index in [-0.39, 0.29) is 5.91 Å². The Morgan fingerprint density at radius 3 is 2.11 bits per heavy atom. The second-order valence-electron chi connectivity index (χ2n) is 6.83. The predicted molar refractivity (Wildman–Crippen MR) is 71.6 cm³/mol. The van der Waals surface area contributed by atoms with E-state index in [1.165, 1.54) is 38.5 Å². The van der Waals surface area contributed by atoms with Gasteiger partial charge in [0, 0.05) is 19.2 Å². The van der Waals surface area contributed by atoms with Gasteiger partial charge in [-0.05, 0) is 61.7 Å². The molecule has 100 valence electrons. The summed E-state index contributed by atoms with van der Waals surface area (Å²) >= 11 is 0. The van der Waals surface area contributed by atoms with Crippen LogP contribution in [0.1, 0.15) is 45.4 Å². The molecular weight excluding hydrogens is 224 g/mol. The van der Waals surface area contributed by atoms with Gasteiger partial charge in [-0.2, -0.15) is 0 Å². The first kappa shape index (κ1) is 12.2. The van der Waals surface area contributed by atoms with E-state index >= 15 is 0 Å². The van der Waals surface area contributed by atoms with Gasteiger partial charge in [0.25, 0.3) is 0 Å². The molecule has 0 saturated heterocycles. The van der Waals surface area contributed by atoms with E-state index in [1.54, 1.807) is 6.92 Å². The molecule has 0 aromatic heterocycles. The van der Waals surface area contributed by atoms with Gasteiger partial charge in [-0.1, -0.05) is 6.08 Å². The van der Waals surface area contributed by atoms with E-state index in [9.17, 15) is 4.79 Å². The highest BCUT2D eigenvalue weighted by molar-refractivity contribution is 5.74. The minimum atomic E-state index is -0.00331. The van der Waals surface area contributed by atoms with Crippen molar-refractivity contribution in [3.63, 3.8) is 0 Å². The summed E-state index contributed by atoms with van der Waals surface area (Å²) in [6.45, 7) is 2.00. The second kappa shape index (κ2) is 4.37. The van der Waals surface area contributed by atoms with Crippen LogP contribution in [0.2, 0.25) is 0 Å². The molecule has 4 bridgehead atoms. The molecule has 18 heavy (non-hydrogen) atoms. The Kier molecular flexibility index (Phi) is 2.97. The summed E-state index contributed by atoms with van der Waals surface area (Å²) in [5, 5.41) is 2.90. The van der Waals surface area contributed by atoms with Gasteiger partial charge in [-0.15, -0.1) is 0 Å². The van der Waals surface area contributed by atoms with Gasteiger partial charge >= 0.3 is 0 Å². The molecular formula is C15H24N2O. The summed E-state index contributed by atoms with van der Waals surface area (Å²) in [4.78, 5) is 11.2. The standard InChI is InChI=1S/C15H24N2O/c1-10(18)17-14(9-16)8-15-5-11-2-12(6-15)4-13(3-11)7-15/h8,11-13H,2-7,9,16H2,1H3,(H,17,18)/b14-8+. The van der Waals surface area contributed by atoms with Crippen LogP contribution in [0.5, 0.6) is 0 Å². The number of nitrogens with one attached hydrogen (secondary N) is 1. The summed E-state index contributed by atoms with van der Waals surface area (Å²) in [6, 6.07) is 0.